The SMILES string of the molecule is c1ccc2c(c1)Sc1cccc3c4c5ccccc5n(-c5ccc(-c6nc(-c7cc8ccccc8c8ccccc78)c7sc8ccccc8c7n6)cc5)c4n-2c13. The molecule has 56 heavy (non-hydrogen) atoms. The molecule has 8 aromatic carbocycles. The third-order valence-electron chi connectivity index (χ3n) is 11.5. The fourth-order valence-electron chi connectivity index (χ4n) is 9.10. The largest absolute Gasteiger partial charge is 0.295 e. The summed E-state index contributed by atoms with van der Waals surface area (Å²) in [6.07, 6.45) is 0. The molecule has 1 aliphatic heterocycles. The normalized spacial score (nSPS) is 12.6. The minimum Gasteiger partial charge on any atom is -0.295 e. The molecule has 0 unspecified atom stereocenters. The Kier molecular flexibility index (Phi) is 6.23. The van der Waals surface area contributed by atoms with Gasteiger partial charge in [0.15, 0.2) is 5.82 Å². The number of hydrogen-bond acceptors (Lipinski definition) is 4. The van der Waals surface area contributed by atoms with Crippen LogP contribution < -0.4 is 0 Å². The highest BCUT2D eigenvalue weighted by atomic mass is 32.2. The number of aromatic nitrogens is 4. The van der Waals surface area contributed by atoms with E-state index >= 15 is 0 Å². The summed E-state index contributed by atoms with van der Waals surface area (Å²) in [6.45, 7) is 0. The van der Waals surface area contributed by atoms with Crippen LogP contribution in [0.1, 0.15) is 0 Å². The number of fused-ring (bicyclic) bond motifs is 13. The molecule has 0 saturated carbocycles. The molecule has 4 nitrogen and oxygen atoms in total. The van der Waals surface area contributed by atoms with Crippen molar-refractivity contribution in [3.05, 3.63) is 170 Å². The maximum Gasteiger partial charge on any atom is 0.160 e. The van der Waals surface area contributed by atoms with Crippen LogP contribution in [-0.2, 0) is 0 Å². The maximum absolute atomic E-state index is 5.47. The molecule has 0 fully saturated rings. The van der Waals surface area contributed by atoms with Crippen LogP contribution >= 0.6 is 23.1 Å². The number of para-hydroxylation sites is 3. The number of hydrogen-bond donors (Lipinski definition) is 0. The fourth-order valence-corrected chi connectivity index (χ4v) is 11.3. The molecule has 0 spiro atoms. The molecule has 4 aromatic heterocycles. The molecule has 260 valence electrons. The summed E-state index contributed by atoms with van der Waals surface area (Å²) in [5, 5.41) is 9.86. The van der Waals surface area contributed by atoms with Crippen LogP contribution in [0.15, 0.2) is 180 Å². The van der Waals surface area contributed by atoms with Crippen molar-refractivity contribution in [1.29, 1.82) is 0 Å². The van der Waals surface area contributed by atoms with Crippen molar-refractivity contribution in [2.75, 3.05) is 0 Å². The molecule has 1 aliphatic rings. The van der Waals surface area contributed by atoms with Crippen LogP contribution in [0, 0.1) is 0 Å². The number of benzene rings is 8. The monoisotopic (exact) mass is 748 g/mol. The van der Waals surface area contributed by atoms with Gasteiger partial charge in [-0.1, -0.05) is 121 Å². The molecule has 0 radical (unpaired) electrons. The molecule has 0 N–H and O–H groups in total. The van der Waals surface area contributed by atoms with Crippen molar-refractivity contribution >= 4 is 97.8 Å². The van der Waals surface area contributed by atoms with Gasteiger partial charge < -0.3 is 0 Å². The van der Waals surface area contributed by atoms with Gasteiger partial charge in [-0.2, -0.15) is 0 Å². The minimum absolute atomic E-state index is 0.724. The lowest BCUT2D eigenvalue weighted by Crippen LogP contribution is -2.05. The van der Waals surface area contributed by atoms with E-state index in [2.05, 4.69) is 179 Å². The van der Waals surface area contributed by atoms with Gasteiger partial charge in [-0.15, -0.1) is 11.3 Å². The van der Waals surface area contributed by atoms with Crippen molar-refractivity contribution in [2.45, 2.75) is 9.79 Å². The zero-order valence-corrected chi connectivity index (χ0v) is 31.4. The molecular formula is C50H28N4S2. The van der Waals surface area contributed by atoms with Crippen molar-refractivity contribution < 1.29 is 0 Å². The fraction of sp³-hybridized carbons (Fsp3) is 0. The molecule has 6 heteroatoms. The van der Waals surface area contributed by atoms with E-state index in [0.717, 1.165) is 43.9 Å². The van der Waals surface area contributed by atoms with Gasteiger partial charge in [0.05, 0.1) is 32.6 Å². The first-order chi connectivity index (χ1) is 27.8. The Morgan fingerprint density at radius 3 is 2.09 bits per heavy atom. The van der Waals surface area contributed by atoms with Gasteiger partial charge in [-0.3, -0.25) is 9.13 Å². The van der Waals surface area contributed by atoms with Crippen LogP contribution in [-0.4, -0.2) is 19.1 Å². The van der Waals surface area contributed by atoms with Gasteiger partial charge in [-0.25, -0.2) is 9.97 Å². The molecule has 0 bridgehead atoms. The third-order valence-corrected chi connectivity index (χ3v) is 13.8. The summed E-state index contributed by atoms with van der Waals surface area (Å²) in [5.74, 6) is 0.724. The molecule has 13 rings (SSSR count). The van der Waals surface area contributed by atoms with Gasteiger partial charge in [0, 0.05) is 52.9 Å². The first-order valence-corrected chi connectivity index (χ1v) is 20.5. The number of thiophene rings is 1. The van der Waals surface area contributed by atoms with E-state index in [1.54, 1.807) is 11.3 Å². The first kappa shape index (κ1) is 30.6. The first-order valence-electron chi connectivity index (χ1n) is 18.8. The van der Waals surface area contributed by atoms with Crippen molar-refractivity contribution in [2.24, 2.45) is 0 Å². The molecule has 0 atom stereocenters. The highest BCUT2D eigenvalue weighted by molar-refractivity contribution is 7.99. The summed E-state index contributed by atoms with van der Waals surface area (Å²) in [6, 6.07) is 61.5. The lowest BCUT2D eigenvalue weighted by atomic mass is 9.95. The Labute approximate surface area is 328 Å². The second-order valence-corrected chi connectivity index (χ2v) is 16.7. The predicted molar refractivity (Wildman–Crippen MR) is 236 cm³/mol. The second-order valence-electron chi connectivity index (χ2n) is 14.5. The van der Waals surface area contributed by atoms with Gasteiger partial charge in [0.2, 0.25) is 0 Å². The quantitative estimate of drug-likeness (QED) is 0.169. The Bertz CT molecular complexity index is 3630. The highest BCUT2D eigenvalue weighted by Gasteiger charge is 2.28. The predicted octanol–water partition coefficient (Wildman–Crippen LogP) is 14.0. The third kappa shape index (κ3) is 4.14. The van der Waals surface area contributed by atoms with E-state index in [1.807, 2.05) is 11.8 Å². The van der Waals surface area contributed by atoms with Gasteiger partial charge in [0.1, 0.15) is 5.65 Å². The minimum atomic E-state index is 0.724. The summed E-state index contributed by atoms with van der Waals surface area (Å²) in [5.41, 5.74) is 10.0. The Balaban J connectivity index is 1.05. The van der Waals surface area contributed by atoms with E-state index in [4.69, 9.17) is 9.97 Å². The molecule has 5 heterocycles. The Morgan fingerprint density at radius 2 is 1.20 bits per heavy atom. The van der Waals surface area contributed by atoms with Crippen molar-refractivity contribution in [1.82, 2.24) is 19.1 Å². The standard InChI is InChI=1S/C50H28N4S2/c1-2-13-32-30(12-1)28-38(34-15-4-3-14-33(32)34)46-48-45(36-17-6-9-21-41(36)56-48)51-49(52-46)29-24-26-31(27-25-29)53-39-19-7-5-16-35(39)44-37-18-11-23-43-47(37)54(50(44)53)40-20-8-10-22-42(40)55-43/h1-28H. The molecular weight excluding hydrogens is 721 g/mol. The van der Waals surface area contributed by atoms with E-state index in [-0.39, 0.29) is 0 Å². The van der Waals surface area contributed by atoms with E-state index < -0.39 is 0 Å². The summed E-state index contributed by atoms with van der Waals surface area (Å²) in [4.78, 5) is 13.4. The van der Waals surface area contributed by atoms with E-state index in [0.29, 0.717) is 0 Å². The summed E-state index contributed by atoms with van der Waals surface area (Å²) >= 11 is 3.64. The second kappa shape index (κ2) is 11.4. The highest BCUT2D eigenvalue weighted by Crippen LogP contribution is 2.49. The van der Waals surface area contributed by atoms with Crippen molar-refractivity contribution in [3.8, 4) is 34.0 Å². The average molecular weight is 749 g/mol. The molecule has 12 aromatic rings. The Morgan fingerprint density at radius 1 is 0.500 bits per heavy atom. The number of nitrogens with zero attached hydrogens (tertiary/aromatic N) is 4. The van der Waals surface area contributed by atoms with Crippen LogP contribution in [0.2, 0.25) is 0 Å². The van der Waals surface area contributed by atoms with Gasteiger partial charge >= 0.3 is 0 Å². The van der Waals surface area contributed by atoms with Crippen molar-refractivity contribution in [3.63, 3.8) is 0 Å². The zero-order chi connectivity index (χ0) is 36.5. The van der Waals surface area contributed by atoms with Crippen LogP contribution in [0.5, 0.6) is 0 Å². The average Bonchev–Trinajstić information content (AvgIpc) is 3.92. The van der Waals surface area contributed by atoms with Gasteiger partial charge in [-0.05, 0) is 82.2 Å². The van der Waals surface area contributed by atoms with E-state index in [9.17, 15) is 0 Å². The van der Waals surface area contributed by atoms with E-state index in [1.165, 1.54) is 74.6 Å². The maximum atomic E-state index is 5.47. The van der Waals surface area contributed by atoms with Crippen LogP contribution in [0.25, 0.3) is 109 Å². The summed E-state index contributed by atoms with van der Waals surface area (Å²) < 4.78 is 7.25. The molecule has 0 aliphatic carbocycles. The number of rotatable bonds is 3. The molecule has 0 saturated heterocycles. The Hall–Kier alpha value is -6.73. The zero-order valence-electron chi connectivity index (χ0n) is 29.8. The van der Waals surface area contributed by atoms with Crippen LogP contribution in [0.3, 0.4) is 0 Å². The lowest BCUT2D eigenvalue weighted by molar-refractivity contribution is 1.03. The topological polar surface area (TPSA) is 35.6 Å². The summed E-state index contributed by atoms with van der Waals surface area (Å²) in [7, 11) is 0. The smallest absolute Gasteiger partial charge is 0.160 e. The molecule has 0 amide bonds. The lowest BCUT2D eigenvalue weighted by Gasteiger charge is -2.21. The van der Waals surface area contributed by atoms with Gasteiger partial charge in [0.25, 0.3) is 0 Å². The van der Waals surface area contributed by atoms with Crippen LogP contribution in [0.4, 0.5) is 0 Å².